The predicted octanol–water partition coefficient (Wildman–Crippen LogP) is 1.99. The minimum absolute atomic E-state index is 0.274. The van der Waals surface area contributed by atoms with Crippen molar-refractivity contribution in [1.82, 2.24) is 9.97 Å². The molecule has 0 bridgehead atoms. The minimum atomic E-state index is -0.628. The zero-order valence-electron chi connectivity index (χ0n) is 12.0. The second-order valence-corrected chi connectivity index (χ2v) is 5.07. The first-order chi connectivity index (χ1) is 11.0. The van der Waals surface area contributed by atoms with Gasteiger partial charge in [-0.2, -0.15) is 0 Å². The molecule has 120 valence electrons. The van der Waals surface area contributed by atoms with Crippen LogP contribution >= 0.6 is 0 Å². The molecule has 0 atom stereocenters. The van der Waals surface area contributed by atoms with E-state index < -0.39 is 16.6 Å². The second-order valence-electron chi connectivity index (χ2n) is 5.07. The van der Waals surface area contributed by atoms with Gasteiger partial charge in [-0.3, -0.25) is 10.1 Å². The number of nitrogens with zero attached hydrogens (tertiary/aromatic N) is 5. The van der Waals surface area contributed by atoms with Gasteiger partial charge < -0.3 is 9.80 Å². The van der Waals surface area contributed by atoms with E-state index in [4.69, 9.17) is 0 Å². The quantitative estimate of drug-likeness (QED) is 0.636. The number of halogens is 2. The van der Waals surface area contributed by atoms with E-state index in [0.717, 1.165) is 18.5 Å². The van der Waals surface area contributed by atoms with Crippen LogP contribution in [0.1, 0.15) is 0 Å². The molecule has 0 amide bonds. The van der Waals surface area contributed by atoms with Crippen LogP contribution in [-0.2, 0) is 0 Å². The lowest BCUT2D eigenvalue weighted by Gasteiger charge is -2.36. The van der Waals surface area contributed by atoms with E-state index in [1.54, 1.807) is 4.90 Å². The number of aromatic nitrogens is 2. The molecule has 1 fully saturated rings. The summed E-state index contributed by atoms with van der Waals surface area (Å²) in [5, 5.41) is 10.6. The number of nitro benzene ring substituents is 1. The fraction of sp³-hybridized carbons (Fsp3) is 0.286. The van der Waals surface area contributed by atoms with Gasteiger partial charge in [-0.25, -0.2) is 18.7 Å². The predicted molar refractivity (Wildman–Crippen MR) is 79.5 cm³/mol. The molecule has 3 rings (SSSR count). The minimum Gasteiger partial charge on any atom is -0.366 e. The van der Waals surface area contributed by atoms with Crippen molar-refractivity contribution in [2.75, 3.05) is 36.0 Å². The standard InChI is InChI=1S/C14H13F2N5O2/c15-10-8-17-14(18-9-10)20-5-3-19(4-6-20)13-2-1-11(21(22)23)7-12(13)16/h1-2,7-9H,3-6H2. The summed E-state index contributed by atoms with van der Waals surface area (Å²) in [7, 11) is 0. The molecule has 0 unspecified atom stereocenters. The molecule has 2 heterocycles. The summed E-state index contributed by atoms with van der Waals surface area (Å²) in [5.41, 5.74) is 0.0554. The maximum Gasteiger partial charge on any atom is 0.272 e. The number of non-ortho nitro benzene ring substituents is 1. The van der Waals surface area contributed by atoms with Gasteiger partial charge in [-0.1, -0.05) is 0 Å². The van der Waals surface area contributed by atoms with E-state index in [0.29, 0.717) is 37.8 Å². The van der Waals surface area contributed by atoms with Crippen LogP contribution in [0.25, 0.3) is 0 Å². The lowest BCUT2D eigenvalue weighted by Crippen LogP contribution is -2.47. The van der Waals surface area contributed by atoms with Gasteiger partial charge in [0.1, 0.15) is 0 Å². The highest BCUT2D eigenvalue weighted by Gasteiger charge is 2.22. The van der Waals surface area contributed by atoms with Crippen LogP contribution in [0, 0.1) is 21.7 Å². The third-order valence-electron chi connectivity index (χ3n) is 3.65. The van der Waals surface area contributed by atoms with E-state index in [1.807, 2.05) is 4.90 Å². The van der Waals surface area contributed by atoms with E-state index in [2.05, 4.69) is 9.97 Å². The Labute approximate surface area is 130 Å². The fourth-order valence-corrected chi connectivity index (χ4v) is 2.48. The normalized spacial score (nSPS) is 14.9. The van der Waals surface area contributed by atoms with Crippen LogP contribution in [0.2, 0.25) is 0 Å². The van der Waals surface area contributed by atoms with Crippen molar-refractivity contribution in [2.24, 2.45) is 0 Å². The Hall–Kier alpha value is -2.84. The Bertz CT molecular complexity index is 718. The van der Waals surface area contributed by atoms with Crippen LogP contribution in [0.5, 0.6) is 0 Å². The summed E-state index contributed by atoms with van der Waals surface area (Å²) in [6.07, 6.45) is 2.20. The van der Waals surface area contributed by atoms with Gasteiger partial charge >= 0.3 is 0 Å². The second kappa shape index (κ2) is 6.11. The van der Waals surface area contributed by atoms with Crippen molar-refractivity contribution in [1.29, 1.82) is 0 Å². The van der Waals surface area contributed by atoms with Crippen LogP contribution in [0.4, 0.5) is 26.1 Å². The van der Waals surface area contributed by atoms with Gasteiger partial charge in [-0.15, -0.1) is 0 Å². The van der Waals surface area contributed by atoms with E-state index in [-0.39, 0.29) is 5.69 Å². The first kappa shape index (κ1) is 15.1. The average molecular weight is 321 g/mol. The number of benzene rings is 1. The summed E-state index contributed by atoms with van der Waals surface area (Å²) >= 11 is 0. The van der Waals surface area contributed by atoms with Crippen molar-refractivity contribution in [3.63, 3.8) is 0 Å². The number of hydrogen-bond donors (Lipinski definition) is 0. The largest absolute Gasteiger partial charge is 0.366 e. The lowest BCUT2D eigenvalue weighted by atomic mass is 10.2. The number of piperazine rings is 1. The van der Waals surface area contributed by atoms with Crippen molar-refractivity contribution < 1.29 is 13.7 Å². The average Bonchev–Trinajstić information content (AvgIpc) is 2.56. The Morgan fingerprint density at radius 3 is 2.22 bits per heavy atom. The number of hydrogen-bond acceptors (Lipinski definition) is 6. The topological polar surface area (TPSA) is 75.4 Å². The Morgan fingerprint density at radius 2 is 1.65 bits per heavy atom. The van der Waals surface area contributed by atoms with Gasteiger partial charge in [0.05, 0.1) is 29.1 Å². The van der Waals surface area contributed by atoms with Crippen LogP contribution in [0.15, 0.2) is 30.6 Å². The molecule has 1 aromatic carbocycles. The molecule has 0 spiro atoms. The van der Waals surface area contributed by atoms with Gasteiger partial charge in [0, 0.05) is 32.2 Å². The molecule has 0 saturated carbocycles. The van der Waals surface area contributed by atoms with E-state index >= 15 is 0 Å². The number of nitro groups is 1. The highest BCUT2D eigenvalue weighted by molar-refractivity contribution is 5.53. The monoisotopic (exact) mass is 321 g/mol. The third-order valence-corrected chi connectivity index (χ3v) is 3.65. The van der Waals surface area contributed by atoms with Crippen LogP contribution < -0.4 is 9.80 Å². The van der Waals surface area contributed by atoms with E-state index in [9.17, 15) is 18.9 Å². The lowest BCUT2D eigenvalue weighted by molar-refractivity contribution is -0.385. The smallest absolute Gasteiger partial charge is 0.272 e. The van der Waals surface area contributed by atoms with Gasteiger partial charge in [-0.05, 0) is 6.07 Å². The van der Waals surface area contributed by atoms with E-state index in [1.165, 1.54) is 12.1 Å². The first-order valence-electron chi connectivity index (χ1n) is 6.96. The van der Waals surface area contributed by atoms with Crippen molar-refractivity contribution in [3.8, 4) is 0 Å². The highest BCUT2D eigenvalue weighted by atomic mass is 19.1. The molecule has 1 aliphatic rings. The molecule has 0 N–H and O–H groups in total. The molecule has 2 aromatic rings. The molecule has 23 heavy (non-hydrogen) atoms. The van der Waals surface area contributed by atoms with Crippen molar-refractivity contribution >= 4 is 17.3 Å². The summed E-state index contributed by atoms with van der Waals surface area (Å²) in [4.78, 5) is 21.5. The zero-order valence-corrected chi connectivity index (χ0v) is 12.0. The van der Waals surface area contributed by atoms with Crippen molar-refractivity contribution in [3.05, 3.63) is 52.3 Å². The molecule has 9 heteroatoms. The Balaban J connectivity index is 1.69. The Morgan fingerprint density at radius 1 is 1.04 bits per heavy atom. The molecular weight excluding hydrogens is 308 g/mol. The van der Waals surface area contributed by atoms with Crippen LogP contribution in [0.3, 0.4) is 0 Å². The highest BCUT2D eigenvalue weighted by Crippen LogP contribution is 2.25. The molecule has 7 nitrogen and oxygen atoms in total. The number of anilines is 2. The molecule has 1 aliphatic heterocycles. The maximum absolute atomic E-state index is 14.0. The SMILES string of the molecule is O=[N+]([O-])c1ccc(N2CCN(c3ncc(F)cn3)CC2)c(F)c1. The van der Waals surface area contributed by atoms with Crippen molar-refractivity contribution in [2.45, 2.75) is 0 Å². The van der Waals surface area contributed by atoms with Gasteiger partial charge in [0.2, 0.25) is 5.95 Å². The molecule has 1 saturated heterocycles. The number of rotatable bonds is 3. The van der Waals surface area contributed by atoms with Crippen LogP contribution in [-0.4, -0.2) is 41.1 Å². The summed E-state index contributed by atoms with van der Waals surface area (Å²) in [5.74, 6) is -0.693. The molecule has 1 aromatic heterocycles. The summed E-state index contributed by atoms with van der Waals surface area (Å²) < 4.78 is 26.9. The molecule has 0 aliphatic carbocycles. The summed E-state index contributed by atoms with van der Waals surface area (Å²) in [6, 6.07) is 3.62. The fourth-order valence-electron chi connectivity index (χ4n) is 2.48. The first-order valence-corrected chi connectivity index (χ1v) is 6.96. The maximum atomic E-state index is 14.0. The molecular formula is C14H13F2N5O2. The van der Waals surface area contributed by atoms with Gasteiger partial charge in [0.25, 0.3) is 5.69 Å². The zero-order chi connectivity index (χ0) is 16.4. The molecule has 0 radical (unpaired) electrons. The third kappa shape index (κ3) is 3.17. The summed E-state index contributed by atoms with van der Waals surface area (Å²) in [6.45, 7) is 2.11. The Kier molecular flexibility index (Phi) is 4.00. The van der Waals surface area contributed by atoms with Gasteiger partial charge in [0.15, 0.2) is 11.6 Å².